The van der Waals surface area contributed by atoms with Crippen LogP contribution >= 0.6 is 11.3 Å². The molecule has 1 saturated carbocycles. The molecule has 1 aromatic carbocycles. The number of hydrogen-bond acceptors (Lipinski definition) is 6. The van der Waals surface area contributed by atoms with Crippen LogP contribution in [0.4, 0.5) is 5.00 Å². The smallest absolute Gasteiger partial charge is 0.261 e. The van der Waals surface area contributed by atoms with Gasteiger partial charge in [0.05, 0.1) is 46.1 Å². The number of hydrogen-bond donors (Lipinski definition) is 1. The maximum Gasteiger partial charge on any atom is 0.261 e. The number of nitrogens with one attached hydrogen (secondary N) is 1. The van der Waals surface area contributed by atoms with E-state index in [9.17, 15) is 10.1 Å². The second-order valence-corrected chi connectivity index (χ2v) is 9.90. The van der Waals surface area contributed by atoms with E-state index in [0.717, 1.165) is 39.4 Å². The summed E-state index contributed by atoms with van der Waals surface area (Å²) in [5.74, 6) is 0.00598. The van der Waals surface area contributed by atoms with Crippen LogP contribution in [0, 0.1) is 17.2 Å². The van der Waals surface area contributed by atoms with Crippen LogP contribution in [0.2, 0.25) is 0 Å². The predicted octanol–water partition coefficient (Wildman–Crippen LogP) is 5.88. The zero-order valence-corrected chi connectivity index (χ0v) is 20.6. The Kier molecular flexibility index (Phi) is 6.38. The van der Waals surface area contributed by atoms with Crippen molar-refractivity contribution in [3.8, 4) is 16.5 Å². The monoisotopic (exact) mass is 474 g/mol. The maximum atomic E-state index is 12.7. The van der Waals surface area contributed by atoms with Crippen LogP contribution in [-0.2, 0) is 0 Å². The summed E-state index contributed by atoms with van der Waals surface area (Å²) in [6.45, 7) is 5.44. The second kappa shape index (κ2) is 9.59. The zero-order valence-electron chi connectivity index (χ0n) is 19.8. The molecule has 1 aliphatic heterocycles. The van der Waals surface area contributed by atoms with Crippen molar-refractivity contribution in [2.24, 2.45) is 5.92 Å². The molecule has 3 aromatic heterocycles. The van der Waals surface area contributed by atoms with Crippen LogP contribution in [0.5, 0.6) is 0 Å². The van der Waals surface area contributed by atoms with Gasteiger partial charge in [0.1, 0.15) is 10.4 Å². The number of anilines is 1. The largest absolute Gasteiger partial charge is 0.361 e. The van der Waals surface area contributed by atoms with Crippen molar-refractivity contribution in [1.29, 1.82) is 5.26 Å². The van der Waals surface area contributed by atoms with E-state index in [2.05, 4.69) is 43.7 Å². The number of imidazole rings is 1. The highest BCUT2D eigenvalue weighted by Gasteiger charge is 2.28. The van der Waals surface area contributed by atoms with Gasteiger partial charge in [-0.05, 0) is 37.0 Å². The summed E-state index contributed by atoms with van der Waals surface area (Å²) in [6, 6.07) is 9.31. The number of aromatic amines is 1. The molecule has 4 heterocycles. The van der Waals surface area contributed by atoms with Gasteiger partial charge in [-0.25, -0.2) is 9.97 Å². The third kappa shape index (κ3) is 3.88. The van der Waals surface area contributed by atoms with Crippen LogP contribution in [0.25, 0.3) is 32.4 Å². The van der Waals surface area contributed by atoms with Gasteiger partial charge in [-0.2, -0.15) is 5.26 Å². The number of nitrogens with zero attached hydrogens (tertiary/aromatic N) is 5. The fourth-order valence-electron chi connectivity index (χ4n) is 5.26. The summed E-state index contributed by atoms with van der Waals surface area (Å²) in [4.78, 5) is 27.9. The van der Waals surface area contributed by atoms with E-state index in [4.69, 9.17) is 4.98 Å². The van der Waals surface area contributed by atoms with Crippen LogP contribution in [0.1, 0.15) is 58.4 Å². The first kappa shape index (κ1) is 22.6. The standard InChI is InChI=1S/C24H24N6OS.C2H6/c25-11-15-8-9-29(12-15)24-20-21(26-13-27-23(20)31)22(32-24)16-6-7-19-18(10-16)28-14-30(19)17-4-2-1-3-5-17;1-2/h6-7,10,13-15,17H,1-5,8-9,12H2,(H,26,27,31);1-2H3. The number of rotatable bonds is 3. The molecule has 2 fully saturated rings. The average Bonchev–Trinajstić information content (AvgIpc) is 3.62. The molecule has 4 aromatic rings. The van der Waals surface area contributed by atoms with Gasteiger partial charge in [0.15, 0.2) is 0 Å². The van der Waals surface area contributed by atoms with Crippen molar-refractivity contribution in [1.82, 2.24) is 19.5 Å². The molecule has 34 heavy (non-hydrogen) atoms. The minimum atomic E-state index is -0.129. The molecule has 8 heteroatoms. The Morgan fingerprint density at radius 2 is 1.97 bits per heavy atom. The predicted molar refractivity (Wildman–Crippen MR) is 138 cm³/mol. The second-order valence-electron chi connectivity index (χ2n) is 8.90. The van der Waals surface area contributed by atoms with Crippen molar-refractivity contribution in [3.05, 3.63) is 41.2 Å². The van der Waals surface area contributed by atoms with E-state index in [1.807, 2.05) is 20.2 Å². The first-order valence-corrected chi connectivity index (χ1v) is 13.2. The van der Waals surface area contributed by atoms with Gasteiger partial charge in [0.25, 0.3) is 5.56 Å². The van der Waals surface area contributed by atoms with Gasteiger partial charge in [-0.15, -0.1) is 11.3 Å². The van der Waals surface area contributed by atoms with E-state index in [1.165, 1.54) is 43.9 Å². The molecular weight excluding hydrogens is 444 g/mol. The molecule has 1 aliphatic carbocycles. The van der Waals surface area contributed by atoms with E-state index >= 15 is 0 Å². The molecule has 176 valence electrons. The van der Waals surface area contributed by atoms with Gasteiger partial charge in [-0.3, -0.25) is 4.79 Å². The highest BCUT2D eigenvalue weighted by molar-refractivity contribution is 7.21. The van der Waals surface area contributed by atoms with Crippen molar-refractivity contribution in [3.63, 3.8) is 0 Å². The quantitative estimate of drug-likeness (QED) is 0.400. The van der Waals surface area contributed by atoms with Crippen molar-refractivity contribution < 1.29 is 0 Å². The van der Waals surface area contributed by atoms with Gasteiger partial charge in [0, 0.05) is 19.1 Å². The van der Waals surface area contributed by atoms with E-state index in [1.54, 1.807) is 11.3 Å². The maximum absolute atomic E-state index is 12.7. The van der Waals surface area contributed by atoms with Gasteiger partial charge >= 0.3 is 0 Å². The summed E-state index contributed by atoms with van der Waals surface area (Å²) in [6.07, 6.45) is 10.6. The molecule has 0 radical (unpaired) electrons. The minimum Gasteiger partial charge on any atom is -0.361 e. The van der Waals surface area contributed by atoms with E-state index in [-0.39, 0.29) is 11.5 Å². The minimum absolute atomic E-state index is 0.00598. The normalized spacial score (nSPS) is 18.7. The SMILES string of the molecule is CC.N#CC1CCN(c2sc(-c3ccc4c(c3)ncn4C3CCCCC3)c3nc[nH]c(=O)c23)C1. The highest BCUT2D eigenvalue weighted by atomic mass is 32.1. The molecule has 0 amide bonds. The topological polar surface area (TPSA) is 90.6 Å². The van der Waals surface area contributed by atoms with Crippen LogP contribution < -0.4 is 10.5 Å². The highest BCUT2D eigenvalue weighted by Crippen LogP contribution is 2.43. The molecule has 0 spiro atoms. The average molecular weight is 475 g/mol. The Hall–Kier alpha value is -3.18. The van der Waals surface area contributed by atoms with Crippen molar-refractivity contribution in [2.45, 2.75) is 58.4 Å². The van der Waals surface area contributed by atoms with E-state index in [0.29, 0.717) is 18.0 Å². The van der Waals surface area contributed by atoms with Crippen LogP contribution in [0.3, 0.4) is 0 Å². The number of aromatic nitrogens is 4. The van der Waals surface area contributed by atoms with Gasteiger partial charge in [-0.1, -0.05) is 39.2 Å². The lowest BCUT2D eigenvalue weighted by Gasteiger charge is -2.23. The lowest BCUT2D eigenvalue weighted by atomic mass is 9.95. The third-order valence-electron chi connectivity index (χ3n) is 6.94. The summed E-state index contributed by atoms with van der Waals surface area (Å²) in [5, 5.41) is 10.9. The lowest BCUT2D eigenvalue weighted by Crippen LogP contribution is -2.20. The molecule has 1 saturated heterocycles. The number of H-pyrrole nitrogens is 1. The summed E-state index contributed by atoms with van der Waals surface area (Å²) in [7, 11) is 0. The Balaban J connectivity index is 0.00000117. The fourth-order valence-corrected chi connectivity index (χ4v) is 6.53. The number of benzene rings is 1. The van der Waals surface area contributed by atoms with Gasteiger partial charge < -0.3 is 14.5 Å². The van der Waals surface area contributed by atoms with Crippen LogP contribution in [0.15, 0.2) is 35.6 Å². The molecular formula is C26H30N6OS. The van der Waals surface area contributed by atoms with Gasteiger partial charge in [0.2, 0.25) is 0 Å². The Morgan fingerprint density at radius 3 is 2.74 bits per heavy atom. The molecule has 6 rings (SSSR count). The molecule has 1 unspecified atom stereocenters. The number of fused-ring (bicyclic) bond motifs is 2. The number of thiophene rings is 1. The summed E-state index contributed by atoms with van der Waals surface area (Å²) >= 11 is 1.59. The summed E-state index contributed by atoms with van der Waals surface area (Å²) < 4.78 is 2.34. The third-order valence-corrected chi connectivity index (χ3v) is 8.23. The Bertz CT molecular complexity index is 1400. The Labute approximate surface area is 203 Å². The van der Waals surface area contributed by atoms with Crippen LogP contribution in [-0.4, -0.2) is 32.6 Å². The fraction of sp³-hybridized carbons (Fsp3) is 0.462. The zero-order chi connectivity index (χ0) is 23.7. The molecule has 2 aliphatic rings. The number of nitriles is 1. The molecule has 7 nitrogen and oxygen atoms in total. The Morgan fingerprint density at radius 1 is 1.15 bits per heavy atom. The first-order chi connectivity index (χ1) is 16.7. The van der Waals surface area contributed by atoms with Crippen molar-refractivity contribution >= 4 is 38.3 Å². The lowest BCUT2D eigenvalue weighted by molar-refractivity contribution is 0.359. The summed E-state index contributed by atoms with van der Waals surface area (Å²) in [5.41, 5.74) is 3.77. The van der Waals surface area contributed by atoms with E-state index < -0.39 is 0 Å². The van der Waals surface area contributed by atoms with Crippen molar-refractivity contribution in [2.75, 3.05) is 18.0 Å². The molecule has 1 atom stereocenters. The molecule has 0 bridgehead atoms. The molecule has 1 N–H and O–H groups in total. The first-order valence-electron chi connectivity index (χ1n) is 12.3.